The predicted molar refractivity (Wildman–Crippen MR) is 80.5 cm³/mol. The van der Waals surface area contributed by atoms with Crippen LogP contribution >= 0.6 is 0 Å². The summed E-state index contributed by atoms with van der Waals surface area (Å²) in [4.78, 5) is 27.2. The van der Waals surface area contributed by atoms with Gasteiger partial charge in [0, 0.05) is 31.9 Å². The topological polar surface area (TPSA) is 73.2 Å². The summed E-state index contributed by atoms with van der Waals surface area (Å²) in [5, 5.41) is 2.63. The zero-order chi connectivity index (χ0) is 15.6. The van der Waals surface area contributed by atoms with Crippen LogP contribution in [0.3, 0.4) is 0 Å². The first-order valence-electron chi connectivity index (χ1n) is 6.42. The molecule has 0 bridgehead atoms. The van der Waals surface area contributed by atoms with Crippen molar-refractivity contribution in [1.29, 1.82) is 0 Å². The molecule has 0 aromatic carbocycles. The molecule has 2 aromatic heterocycles. The zero-order valence-electron chi connectivity index (χ0n) is 12.4. The molecule has 110 valence electrons. The van der Waals surface area contributed by atoms with E-state index < -0.39 is 0 Å². The van der Waals surface area contributed by atoms with Crippen LogP contribution in [0.25, 0.3) is 11.1 Å². The number of pyridine rings is 2. The maximum absolute atomic E-state index is 12.0. The van der Waals surface area contributed by atoms with Crippen LogP contribution in [0.4, 0.5) is 5.82 Å². The predicted octanol–water partition coefficient (Wildman–Crippen LogP) is 1.72. The van der Waals surface area contributed by atoms with Crippen LogP contribution in [0.1, 0.15) is 12.5 Å². The van der Waals surface area contributed by atoms with Gasteiger partial charge in [-0.25, -0.2) is 4.98 Å². The highest BCUT2D eigenvalue weighted by molar-refractivity contribution is 5.88. The van der Waals surface area contributed by atoms with Crippen LogP contribution in [-0.2, 0) is 11.8 Å². The average molecular weight is 287 g/mol. The fourth-order valence-electron chi connectivity index (χ4n) is 2.19. The fourth-order valence-corrected chi connectivity index (χ4v) is 2.19. The van der Waals surface area contributed by atoms with Crippen LogP contribution in [0.2, 0.25) is 0 Å². The molecule has 2 aromatic rings. The highest BCUT2D eigenvalue weighted by atomic mass is 16.5. The van der Waals surface area contributed by atoms with Crippen molar-refractivity contribution in [2.45, 2.75) is 13.8 Å². The summed E-state index contributed by atoms with van der Waals surface area (Å²) < 4.78 is 6.87. The van der Waals surface area contributed by atoms with Gasteiger partial charge in [-0.3, -0.25) is 9.59 Å². The van der Waals surface area contributed by atoms with E-state index in [1.165, 1.54) is 18.6 Å². The first-order chi connectivity index (χ1) is 9.93. The standard InChI is InChI=1S/C15H17N3O3/c1-9-14(21-4)12(8-18(3)15(9)20)11-5-6-16-13(7-11)17-10(2)19/h5-8H,1-4H3,(H,16,17,19). The van der Waals surface area contributed by atoms with Crippen molar-refractivity contribution in [1.82, 2.24) is 9.55 Å². The summed E-state index contributed by atoms with van der Waals surface area (Å²) in [5.41, 5.74) is 2.01. The molecule has 0 atom stereocenters. The smallest absolute Gasteiger partial charge is 0.256 e. The Hall–Kier alpha value is -2.63. The number of rotatable bonds is 3. The van der Waals surface area contributed by atoms with Gasteiger partial charge < -0.3 is 14.6 Å². The van der Waals surface area contributed by atoms with E-state index in [1.54, 1.807) is 38.5 Å². The van der Waals surface area contributed by atoms with Crippen molar-refractivity contribution in [2.75, 3.05) is 12.4 Å². The first-order valence-corrected chi connectivity index (χ1v) is 6.42. The highest BCUT2D eigenvalue weighted by Crippen LogP contribution is 2.31. The Morgan fingerprint density at radius 1 is 1.43 bits per heavy atom. The molecule has 0 fully saturated rings. The second-order valence-electron chi connectivity index (χ2n) is 4.73. The Morgan fingerprint density at radius 3 is 2.76 bits per heavy atom. The van der Waals surface area contributed by atoms with E-state index in [-0.39, 0.29) is 11.5 Å². The Kier molecular flexibility index (Phi) is 4.07. The molecule has 2 heterocycles. The van der Waals surface area contributed by atoms with Gasteiger partial charge in [0.1, 0.15) is 11.6 Å². The number of carbonyl (C=O) groups is 1. The van der Waals surface area contributed by atoms with Gasteiger partial charge in [-0.2, -0.15) is 0 Å². The summed E-state index contributed by atoms with van der Waals surface area (Å²) in [6.07, 6.45) is 3.31. The average Bonchev–Trinajstić information content (AvgIpc) is 2.44. The number of aryl methyl sites for hydroxylation is 1. The van der Waals surface area contributed by atoms with Crippen molar-refractivity contribution >= 4 is 11.7 Å². The summed E-state index contributed by atoms with van der Waals surface area (Å²) in [5.74, 6) is 0.787. The van der Waals surface area contributed by atoms with E-state index in [0.717, 1.165) is 11.1 Å². The molecule has 1 amide bonds. The van der Waals surface area contributed by atoms with Crippen molar-refractivity contribution in [2.24, 2.45) is 7.05 Å². The molecule has 0 radical (unpaired) electrons. The van der Waals surface area contributed by atoms with Crippen LogP contribution in [0.15, 0.2) is 29.3 Å². The Bertz CT molecular complexity index is 750. The van der Waals surface area contributed by atoms with E-state index in [4.69, 9.17) is 4.74 Å². The second-order valence-corrected chi connectivity index (χ2v) is 4.73. The third-order valence-electron chi connectivity index (χ3n) is 3.13. The number of methoxy groups -OCH3 is 1. The molecule has 6 heteroatoms. The van der Waals surface area contributed by atoms with Gasteiger partial charge in [0.05, 0.1) is 12.7 Å². The lowest BCUT2D eigenvalue weighted by Gasteiger charge is -2.13. The normalized spacial score (nSPS) is 10.3. The SMILES string of the molecule is COc1c(-c2ccnc(NC(C)=O)c2)cn(C)c(=O)c1C. The molecule has 0 aliphatic heterocycles. The third kappa shape index (κ3) is 2.94. The van der Waals surface area contributed by atoms with Crippen molar-refractivity contribution < 1.29 is 9.53 Å². The monoisotopic (exact) mass is 287 g/mol. The Labute approximate surface area is 122 Å². The van der Waals surface area contributed by atoms with Gasteiger partial charge in [-0.1, -0.05) is 0 Å². The lowest BCUT2D eigenvalue weighted by molar-refractivity contribution is -0.114. The Balaban J connectivity index is 2.61. The number of amides is 1. The largest absolute Gasteiger partial charge is 0.496 e. The van der Waals surface area contributed by atoms with Crippen molar-refractivity contribution in [3.63, 3.8) is 0 Å². The number of aromatic nitrogens is 2. The number of carbonyl (C=O) groups excluding carboxylic acids is 1. The summed E-state index contributed by atoms with van der Waals surface area (Å²) >= 11 is 0. The summed E-state index contributed by atoms with van der Waals surface area (Å²) in [7, 11) is 3.22. The van der Waals surface area contributed by atoms with Crippen LogP contribution < -0.4 is 15.6 Å². The lowest BCUT2D eigenvalue weighted by Crippen LogP contribution is -2.20. The van der Waals surface area contributed by atoms with E-state index in [1.807, 2.05) is 0 Å². The fraction of sp³-hybridized carbons (Fsp3) is 0.267. The molecular weight excluding hydrogens is 270 g/mol. The van der Waals surface area contributed by atoms with Gasteiger partial charge in [0.25, 0.3) is 5.56 Å². The lowest BCUT2D eigenvalue weighted by atomic mass is 10.1. The molecule has 6 nitrogen and oxygen atoms in total. The number of ether oxygens (including phenoxy) is 1. The molecule has 0 aliphatic rings. The van der Waals surface area contributed by atoms with Crippen LogP contribution in [-0.4, -0.2) is 22.6 Å². The summed E-state index contributed by atoms with van der Waals surface area (Å²) in [6.45, 7) is 3.14. The molecule has 1 N–H and O–H groups in total. The third-order valence-corrected chi connectivity index (χ3v) is 3.13. The van der Waals surface area contributed by atoms with Gasteiger partial charge in [-0.05, 0) is 24.6 Å². The molecular formula is C15H17N3O3. The molecule has 0 aliphatic carbocycles. The highest BCUT2D eigenvalue weighted by Gasteiger charge is 2.14. The van der Waals surface area contributed by atoms with Gasteiger partial charge in [0.15, 0.2) is 0 Å². The maximum atomic E-state index is 12.0. The van der Waals surface area contributed by atoms with Crippen LogP contribution in [0, 0.1) is 6.92 Å². The van der Waals surface area contributed by atoms with E-state index in [2.05, 4.69) is 10.3 Å². The van der Waals surface area contributed by atoms with Gasteiger partial charge in [-0.15, -0.1) is 0 Å². The van der Waals surface area contributed by atoms with Crippen molar-refractivity contribution in [3.05, 3.63) is 40.4 Å². The molecule has 0 unspecified atom stereocenters. The summed E-state index contributed by atoms with van der Waals surface area (Å²) in [6, 6.07) is 3.54. The number of nitrogens with one attached hydrogen (secondary N) is 1. The number of hydrogen-bond donors (Lipinski definition) is 1. The number of anilines is 1. The van der Waals surface area contributed by atoms with Crippen molar-refractivity contribution in [3.8, 4) is 16.9 Å². The molecule has 0 spiro atoms. The second kappa shape index (κ2) is 5.78. The number of nitrogens with zero attached hydrogens (tertiary/aromatic N) is 2. The Morgan fingerprint density at radius 2 is 2.14 bits per heavy atom. The molecule has 0 saturated carbocycles. The minimum atomic E-state index is -0.191. The minimum Gasteiger partial charge on any atom is -0.496 e. The van der Waals surface area contributed by atoms with E-state index in [0.29, 0.717) is 17.1 Å². The zero-order valence-corrected chi connectivity index (χ0v) is 12.4. The number of hydrogen-bond acceptors (Lipinski definition) is 4. The van der Waals surface area contributed by atoms with E-state index >= 15 is 0 Å². The minimum absolute atomic E-state index is 0.105. The quantitative estimate of drug-likeness (QED) is 0.933. The molecule has 2 rings (SSSR count). The molecule has 21 heavy (non-hydrogen) atoms. The van der Waals surface area contributed by atoms with Gasteiger partial charge >= 0.3 is 0 Å². The van der Waals surface area contributed by atoms with Crippen LogP contribution in [0.5, 0.6) is 5.75 Å². The molecule has 0 saturated heterocycles. The maximum Gasteiger partial charge on any atom is 0.256 e. The van der Waals surface area contributed by atoms with Gasteiger partial charge in [0.2, 0.25) is 5.91 Å². The van der Waals surface area contributed by atoms with E-state index in [9.17, 15) is 9.59 Å². The first kappa shape index (κ1) is 14.8.